The van der Waals surface area contributed by atoms with Gasteiger partial charge in [-0.05, 0) is 54.1 Å². The van der Waals surface area contributed by atoms with Gasteiger partial charge in [-0.2, -0.15) is 20.1 Å². The van der Waals surface area contributed by atoms with Gasteiger partial charge < -0.3 is 15.4 Å². The summed E-state index contributed by atoms with van der Waals surface area (Å²) in [5.74, 6) is 1.80. The van der Waals surface area contributed by atoms with Gasteiger partial charge in [0.25, 0.3) is 0 Å². The molecule has 3 aromatic carbocycles. The lowest BCUT2D eigenvalue weighted by Crippen LogP contribution is -2.07. The fourth-order valence-electron chi connectivity index (χ4n) is 2.74. The zero-order valence-electron chi connectivity index (χ0n) is 17.2. The lowest BCUT2D eigenvalue weighted by atomic mass is 10.2. The zero-order chi connectivity index (χ0) is 22.2. The molecule has 0 spiro atoms. The molecule has 0 bridgehead atoms. The average Bonchev–Trinajstić information content (AvgIpc) is 2.80. The maximum absolute atomic E-state index is 5.20. The molecule has 3 N–H and O–H groups in total. The Labute approximate surface area is 193 Å². The van der Waals surface area contributed by atoms with E-state index in [1.54, 1.807) is 13.3 Å². The van der Waals surface area contributed by atoms with Gasteiger partial charge in [0.05, 0.1) is 13.3 Å². The van der Waals surface area contributed by atoms with Crippen LogP contribution in [0.3, 0.4) is 0 Å². The van der Waals surface area contributed by atoms with E-state index in [0.29, 0.717) is 17.8 Å². The molecule has 4 aromatic rings. The smallest absolute Gasteiger partial charge is 0.250 e. The first kappa shape index (κ1) is 21.3. The first-order valence-corrected chi connectivity index (χ1v) is 10.5. The van der Waals surface area contributed by atoms with E-state index in [1.807, 2.05) is 78.9 Å². The second-order valence-electron chi connectivity index (χ2n) is 6.58. The van der Waals surface area contributed by atoms with Crippen molar-refractivity contribution in [3.05, 3.63) is 88.9 Å². The number of benzene rings is 3. The fourth-order valence-corrected chi connectivity index (χ4v) is 3.16. The second-order valence-corrected chi connectivity index (χ2v) is 7.49. The summed E-state index contributed by atoms with van der Waals surface area (Å²) >= 11 is 3.45. The van der Waals surface area contributed by atoms with Crippen molar-refractivity contribution in [2.45, 2.75) is 0 Å². The van der Waals surface area contributed by atoms with Gasteiger partial charge in [0, 0.05) is 15.8 Å². The molecule has 8 nitrogen and oxygen atoms in total. The Morgan fingerprint density at radius 3 is 2.09 bits per heavy atom. The van der Waals surface area contributed by atoms with E-state index in [2.05, 4.69) is 52.0 Å². The highest BCUT2D eigenvalue weighted by molar-refractivity contribution is 9.10. The van der Waals surface area contributed by atoms with Gasteiger partial charge in [-0.3, -0.25) is 0 Å². The number of aromatic nitrogens is 3. The largest absolute Gasteiger partial charge is 0.497 e. The van der Waals surface area contributed by atoms with E-state index >= 15 is 0 Å². The third kappa shape index (κ3) is 6.02. The van der Waals surface area contributed by atoms with Crippen molar-refractivity contribution >= 4 is 51.4 Å². The van der Waals surface area contributed by atoms with E-state index in [1.165, 1.54) is 0 Å². The molecule has 9 heteroatoms. The normalized spacial score (nSPS) is 10.7. The highest BCUT2D eigenvalue weighted by atomic mass is 79.9. The molecule has 0 unspecified atom stereocenters. The molecule has 0 radical (unpaired) electrons. The summed E-state index contributed by atoms with van der Waals surface area (Å²) in [4.78, 5) is 13.3. The maximum atomic E-state index is 5.20. The molecule has 0 saturated carbocycles. The van der Waals surface area contributed by atoms with Gasteiger partial charge in [0.2, 0.25) is 17.8 Å². The summed E-state index contributed by atoms with van der Waals surface area (Å²) in [7, 11) is 1.63. The van der Waals surface area contributed by atoms with Crippen LogP contribution in [0.5, 0.6) is 5.75 Å². The van der Waals surface area contributed by atoms with E-state index in [0.717, 1.165) is 27.2 Å². The number of rotatable bonds is 8. The lowest BCUT2D eigenvalue weighted by molar-refractivity contribution is 0.415. The van der Waals surface area contributed by atoms with E-state index in [4.69, 9.17) is 4.74 Å². The predicted octanol–water partition coefficient (Wildman–Crippen LogP) is 5.58. The minimum absolute atomic E-state index is 0.292. The van der Waals surface area contributed by atoms with Crippen molar-refractivity contribution in [2.75, 3.05) is 23.2 Å². The van der Waals surface area contributed by atoms with Crippen molar-refractivity contribution in [1.82, 2.24) is 15.0 Å². The summed E-state index contributed by atoms with van der Waals surface area (Å²) in [5, 5.41) is 10.6. The first-order chi connectivity index (χ1) is 15.7. The Morgan fingerprint density at radius 1 is 0.781 bits per heavy atom. The Hall–Kier alpha value is -3.98. The molecule has 0 atom stereocenters. The average molecular weight is 490 g/mol. The van der Waals surface area contributed by atoms with Crippen LogP contribution in [0.25, 0.3) is 0 Å². The van der Waals surface area contributed by atoms with Crippen molar-refractivity contribution in [3.63, 3.8) is 0 Å². The van der Waals surface area contributed by atoms with Gasteiger partial charge >= 0.3 is 0 Å². The Balaban J connectivity index is 1.57. The van der Waals surface area contributed by atoms with Crippen molar-refractivity contribution < 1.29 is 4.74 Å². The topological polar surface area (TPSA) is 96.4 Å². The summed E-state index contributed by atoms with van der Waals surface area (Å²) in [6.07, 6.45) is 1.69. The zero-order valence-corrected chi connectivity index (χ0v) is 18.7. The van der Waals surface area contributed by atoms with Crippen LogP contribution >= 0.6 is 15.9 Å². The SMILES string of the molecule is COc1ccc(Nc2nc(N/N=C/c3cccc(Br)c3)nc(Nc3ccccc3)n2)cc1. The number of methoxy groups -OCH3 is 1. The van der Waals surface area contributed by atoms with E-state index in [-0.39, 0.29) is 0 Å². The first-order valence-electron chi connectivity index (χ1n) is 9.72. The maximum Gasteiger partial charge on any atom is 0.250 e. The summed E-state index contributed by atoms with van der Waals surface area (Å²) < 4.78 is 6.18. The molecule has 1 heterocycles. The third-order valence-electron chi connectivity index (χ3n) is 4.24. The third-order valence-corrected chi connectivity index (χ3v) is 4.73. The minimum atomic E-state index is 0.292. The van der Waals surface area contributed by atoms with Crippen LogP contribution in [-0.2, 0) is 0 Å². The molecule has 32 heavy (non-hydrogen) atoms. The molecule has 0 aliphatic rings. The Morgan fingerprint density at radius 2 is 1.44 bits per heavy atom. The predicted molar refractivity (Wildman–Crippen MR) is 131 cm³/mol. The van der Waals surface area contributed by atoms with Crippen molar-refractivity contribution in [1.29, 1.82) is 0 Å². The van der Waals surface area contributed by atoms with E-state index in [9.17, 15) is 0 Å². The van der Waals surface area contributed by atoms with Gasteiger partial charge in [0.1, 0.15) is 5.75 Å². The number of nitrogens with zero attached hydrogens (tertiary/aromatic N) is 4. The molecule has 0 fully saturated rings. The minimum Gasteiger partial charge on any atom is -0.497 e. The van der Waals surface area contributed by atoms with Gasteiger partial charge in [-0.15, -0.1) is 0 Å². The number of hydrazone groups is 1. The van der Waals surface area contributed by atoms with Crippen LogP contribution in [0.2, 0.25) is 0 Å². The van der Waals surface area contributed by atoms with E-state index < -0.39 is 0 Å². The summed E-state index contributed by atoms with van der Waals surface area (Å²) in [6.45, 7) is 0. The fraction of sp³-hybridized carbons (Fsp3) is 0.0435. The Kier molecular flexibility index (Phi) is 6.88. The quantitative estimate of drug-likeness (QED) is 0.219. The molecule has 160 valence electrons. The van der Waals surface area contributed by atoms with Crippen LogP contribution in [0.1, 0.15) is 5.56 Å². The monoisotopic (exact) mass is 489 g/mol. The number of para-hydroxylation sites is 1. The second kappa shape index (κ2) is 10.4. The highest BCUT2D eigenvalue weighted by Crippen LogP contribution is 2.20. The highest BCUT2D eigenvalue weighted by Gasteiger charge is 2.08. The van der Waals surface area contributed by atoms with Crippen LogP contribution in [-0.4, -0.2) is 28.3 Å². The number of ether oxygens (including phenoxy) is 1. The molecule has 4 rings (SSSR count). The summed E-state index contributed by atoms with van der Waals surface area (Å²) in [6, 6.07) is 24.9. The molecular weight excluding hydrogens is 470 g/mol. The number of hydrogen-bond acceptors (Lipinski definition) is 8. The number of nitrogens with one attached hydrogen (secondary N) is 3. The van der Waals surface area contributed by atoms with Gasteiger partial charge in [-0.25, -0.2) is 5.43 Å². The number of anilines is 5. The Bertz CT molecular complexity index is 1200. The lowest BCUT2D eigenvalue weighted by Gasteiger charge is -2.10. The number of halogens is 1. The van der Waals surface area contributed by atoms with Crippen LogP contribution in [0.15, 0.2) is 88.4 Å². The molecular formula is C23H20BrN7O. The summed E-state index contributed by atoms with van der Waals surface area (Å²) in [5.41, 5.74) is 5.48. The van der Waals surface area contributed by atoms with Gasteiger partial charge in [0.15, 0.2) is 0 Å². The molecule has 0 amide bonds. The van der Waals surface area contributed by atoms with Crippen LogP contribution in [0.4, 0.5) is 29.2 Å². The molecule has 1 aromatic heterocycles. The molecule has 0 aliphatic heterocycles. The molecule has 0 aliphatic carbocycles. The molecule has 0 saturated heterocycles. The standard InChI is InChI=1S/C23H20BrN7O/c1-32-20-12-10-19(11-13-20)27-22-28-21(26-18-8-3-2-4-9-18)29-23(30-22)31-25-15-16-6-5-7-17(24)14-16/h2-15H,1H3,(H3,26,27,28,29,30,31)/b25-15+. The van der Waals surface area contributed by atoms with Crippen molar-refractivity contribution in [3.8, 4) is 5.75 Å². The van der Waals surface area contributed by atoms with Gasteiger partial charge in [-0.1, -0.05) is 46.3 Å². The number of hydrogen-bond donors (Lipinski definition) is 3. The van der Waals surface area contributed by atoms with Crippen LogP contribution in [0, 0.1) is 0 Å². The van der Waals surface area contributed by atoms with Crippen molar-refractivity contribution in [2.24, 2.45) is 5.10 Å². The van der Waals surface area contributed by atoms with Crippen LogP contribution < -0.4 is 20.8 Å².